The highest BCUT2D eigenvalue weighted by Gasteiger charge is 2.27. The first-order valence-electron chi connectivity index (χ1n) is 8.44. The molecule has 0 bridgehead atoms. The molecule has 1 fully saturated rings. The maximum Gasteiger partial charge on any atom is 0.228 e. The molecule has 23 heavy (non-hydrogen) atoms. The summed E-state index contributed by atoms with van der Waals surface area (Å²) in [6, 6.07) is 5.75. The molecule has 3 heterocycles. The van der Waals surface area contributed by atoms with Gasteiger partial charge in [-0.2, -0.15) is 0 Å². The summed E-state index contributed by atoms with van der Waals surface area (Å²) in [5, 5.41) is 0. The predicted octanol–water partition coefficient (Wildman–Crippen LogP) is 2.93. The largest absolute Gasteiger partial charge is 0.296 e. The van der Waals surface area contributed by atoms with E-state index in [4.69, 9.17) is 9.97 Å². The molecule has 0 N–H and O–H groups in total. The molecule has 1 aliphatic heterocycles. The van der Waals surface area contributed by atoms with Crippen LogP contribution >= 0.6 is 0 Å². The Morgan fingerprint density at radius 2 is 1.91 bits per heavy atom. The number of fused-ring (bicyclic) bond motifs is 1. The molecular weight excluding hydrogens is 288 g/mol. The third-order valence-corrected chi connectivity index (χ3v) is 4.63. The Kier molecular flexibility index (Phi) is 3.77. The second kappa shape index (κ2) is 6.07. The maximum absolute atomic E-state index is 12.5. The van der Waals surface area contributed by atoms with Crippen molar-refractivity contribution in [3.05, 3.63) is 35.7 Å². The van der Waals surface area contributed by atoms with Crippen LogP contribution in [0.1, 0.15) is 43.4 Å². The summed E-state index contributed by atoms with van der Waals surface area (Å²) >= 11 is 0. The average molecular weight is 308 g/mol. The molecule has 0 atom stereocenters. The fourth-order valence-corrected chi connectivity index (χ4v) is 3.45. The van der Waals surface area contributed by atoms with E-state index in [0.29, 0.717) is 12.2 Å². The first-order chi connectivity index (χ1) is 11.3. The van der Waals surface area contributed by atoms with Gasteiger partial charge in [0.1, 0.15) is 11.5 Å². The fourth-order valence-electron chi connectivity index (χ4n) is 3.45. The van der Waals surface area contributed by atoms with Crippen LogP contribution in [0.5, 0.6) is 0 Å². The summed E-state index contributed by atoms with van der Waals surface area (Å²) in [6.45, 7) is 0.768. The third-order valence-electron chi connectivity index (χ3n) is 4.63. The van der Waals surface area contributed by atoms with Crippen molar-refractivity contribution < 1.29 is 4.79 Å². The summed E-state index contributed by atoms with van der Waals surface area (Å²) in [5.74, 6) is 1.67. The van der Waals surface area contributed by atoms with E-state index in [-0.39, 0.29) is 5.91 Å². The number of hydrogen-bond donors (Lipinski definition) is 0. The Morgan fingerprint density at radius 1 is 0.957 bits per heavy atom. The predicted molar refractivity (Wildman–Crippen MR) is 88.1 cm³/mol. The second-order valence-corrected chi connectivity index (χ2v) is 6.22. The zero-order valence-corrected chi connectivity index (χ0v) is 13.2. The molecule has 5 heteroatoms. The molecule has 2 aromatic rings. The Balaban J connectivity index is 1.82. The number of hydrogen-bond acceptors (Lipinski definition) is 4. The number of carbonyl (C=O) groups is 1. The first-order valence-corrected chi connectivity index (χ1v) is 8.44. The van der Waals surface area contributed by atoms with Crippen LogP contribution in [-0.2, 0) is 17.6 Å². The molecule has 1 saturated heterocycles. The monoisotopic (exact) mass is 308 g/mol. The highest BCUT2D eigenvalue weighted by Crippen LogP contribution is 2.32. The smallest absolute Gasteiger partial charge is 0.228 e. The second-order valence-electron chi connectivity index (χ2n) is 6.22. The van der Waals surface area contributed by atoms with Gasteiger partial charge in [0, 0.05) is 30.4 Å². The SMILES string of the molecule is O=C1CCCCCN1c1nc(-c2ccccn2)nc2c1CCC2. The van der Waals surface area contributed by atoms with E-state index in [9.17, 15) is 4.79 Å². The van der Waals surface area contributed by atoms with E-state index in [0.717, 1.165) is 62.3 Å². The molecule has 0 saturated carbocycles. The normalized spacial score (nSPS) is 17.9. The van der Waals surface area contributed by atoms with Crippen LogP contribution in [0.2, 0.25) is 0 Å². The van der Waals surface area contributed by atoms with E-state index in [2.05, 4.69) is 4.98 Å². The lowest BCUT2D eigenvalue weighted by atomic mass is 10.2. The molecule has 0 spiro atoms. The molecule has 0 unspecified atom stereocenters. The fraction of sp³-hybridized carbons (Fsp3) is 0.444. The number of amides is 1. The minimum Gasteiger partial charge on any atom is -0.296 e. The maximum atomic E-state index is 12.5. The van der Waals surface area contributed by atoms with Crippen molar-refractivity contribution in [3.8, 4) is 11.5 Å². The van der Waals surface area contributed by atoms with E-state index < -0.39 is 0 Å². The van der Waals surface area contributed by atoms with Gasteiger partial charge in [-0.25, -0.2) is 9.97 Å². The number of pyridine rings is 1. The summed E-state index contributed by atoms with van der Waals surface area (Å²) < 4.78 is 0. The molecular formula is C18H20N4O. The van der Waals surface area contributed by atoms with Gasteiger partial charge in [-0.1, -0.05) is 12.5 Å². The third kappa shape index (κ3) is 2.71. The van der Waals surface area contributed by atoms with Gasteiger partial charge < -0.3 is 0 Å². The minimum absolute atomic E-state index is 0.197. The van der Waals surface area contributed by atoms with Gasteiger partial charge in [-0.3, -0.25) is 14.7 Å². The molecule has 2 aromatic heterocycles. The van der Waals surface area contributed by atoms with Crippen LogP contribution < -0.4 is 4.90 Å². The van der Waals surface area contributed by atoms with Gasteiger partial charge in [0.2, 0.25) is 5.91 Å². The number of aryl methyl sites for hydroxylation is 1. The summed E-state index contributed by atoms with van der Waals surface area (Å²) in [7, 11) is 0. The van der Waals surface area contributed by atoms with Gasteiger partial charge in [-0.05, 0) is 44.2 Å². The lowest BCUT2D eigenvalue weighted by molar-refractivity contribution is -0.118. The van der Waals surface area contributed by atoms with Crippen molar-refractivity contribution in [2.45, 2.75) is 44.9 Å². The lowest BCUT2D eigenvalue weighted by Gasteiger charge is -2.22. The summed E-state index contributed by atoms with van der Waals surface area (Å²) in [5.41, 5.74) is 3.03. The zero-order valence-electron chi connectivity index (χ0n) is 13.2. The van der Waals surface area contributed by atoms with E-state index in [1.54, 1.807) is 6.20 Å². The highest BCUT2D eigenvalue weighted by atomic mass is 16.2. The van der Waals surface area contributed by atoms with Crippen LogP contribution in [0.3, 0.4) is 0 Å². The zero-order chi connectivity index (χ0) is 15.6. The van der Waals surface area contributed by atoms with Crippen molar-refractivity contribution in [2.24, 2.45) is 0 Å². The minimum atomic E-state index is 0.197. The van der Waals surface area contributed by atoms with Gasteiger partial charge >= 0.3 is 0 Å². The van der Waals surface area contributed by atoms with Crippen molar-refractivity contribution >= 4 is 11.7 Å². The number of anilines is 1. The van der Waals surface area contributed by atoms with E-state index in [1.165, 1.54) is 5.56 Å². The Labute approximate surface area is 135 Å². The number of nitrogens with zero attached hydrogens (tertiary/aromatic N) is 4. The molecule has 5 nitrogen and oxygen atoms in total. The molecule has 2 aliphatic rings. The topological polar surface area (TPSA) is 59.0 Å². The van der Waals surface area contributed by atoms with Crippen LogP contribution in [0, 0.1) is 0 Å². The highest BCUT2D eigenvalue weighted by molar-refractivity contribution is 5.93. The molecule has 0 radical (unpaired) electrons. The molecule has 1 aliphatic carbocycles. The van der Waals surface area contributed by atoms with Gasteiger partial charge in [-0.15, -0.1) is 0 Å². The van der Waals surface area contributed by atoms with Crippen LogP contribution in [0.15, 0.2) is 24.4 Å². The quantitative estimate of drug-likeness (QED) is 0.856. The van der Waals surface area contributed by atoms with E-state index >= 15 is 0 Å². The lowest BCUT2D eigenvalue weighted by Crippen LogP contribution is -2.32. The average Bonchev–Trinajstić information content (AvgIpc) is 2.96. The number of carbonyl (C=O) groups excluding carboxylic acids is 1. The molecule has 118 valence electrons. The Hall–Kier alpha value is -2.30. The van der Waals surface area contributed by atoms with E-state index in [1.807, 2.05) is 23.1 Å². The van der Waals surface area contributed by atoms with Crippen LogP contribution in [0.25, 0.3) is 11.5 Å². The Bertz CT molecular complexity index is 729. The van der Waals surface area contributed by atoms with Crippen molar-refractivity contribution in [1.29, 1.82) is 0 Å². The van der Waals surface area contributed by atoms with Crippen LogP contribution in [-0.4, -0.2) is 27.4 Å². The number of rotatable bonds is 2. The van der Waals surface area contributed by atoms with Crippen molar-refractivity contribution in [1.82, 2.24) is 15.0 Å². The molecule has 1 amide bonds. The van der Waals surface area contributed by atoms with Gasteiger partial charge in [0.15, 0.2) is 5.82 Å². The standard InChI is InChI=1S/C18H20N4O/c23-16-10-2-1-5-12-22(16)18-13-7-6-9-14(13)20-17(21-18)15-8-3-4-11-19-15/h3-4,8,11H,1-2,5-7,9-10,12H2. The first kappa shape index (κ1) is 14.3. The van der Waals surface area contributed by atoms with Gasteiger partial charge in [0.05, 0.1) is 0 Å². The van der Waals surface area contributed by atoms with Crippen molar-refractivity contribution in [3.63, 3.8) is 0 Å². The van der Waals surface area contributed by atoms with Crippen LogP contribution in [0.4, 0.5) is 5.82 Å². The molecule has 0 aromatic carbocycles. The van der Waals surface area contributed by atoms with Gasteiger partial charge in [0.25, 0.3) is 0 Å². The summed E-state index contributed by atoms with van der Waals surface area (Å²) in [6.07, 6.45) is 8.54. The summed E-state index contributed by atoms with van der Waals surface area (Å²) in [4.78, 5) is 28.3. The molecule has 4 rings (SSSR count). The Morgan fingerprint density at radius 3 is 2.78 bits per heavy atom. The number of aromatic nitrogens is 3. The van der Waals surface area contributed by atoms with Crippen molar-refractivity contribution in [2.75, 3.05) is 11.4 Å².